The first-order chi connectivity index (χ1) is 12.4. The van der Waals surface area contributed by atoms with E-state index in [1.807, 2.05) is 49.4 Å². The summed E-state index contributed by atoms with van der Waals surface area (Å²) in [5.74, 6) is -0.125. The van der Waals surface area contributed by atoms with Gasteiger partial charge in [-0.2, -0.15) is 5.10 Å². The summed E-state index contributed by atoms with van der Waals surface area (Å²) in [5, 5.41) is 8.02. The topological polar surface area (TPSA) is 46.9 Å². The second-order valence-electron chi connectivity index (χ2n) is 6.97. The fourth-order valence-corrected chi connectivity index (χ4v) is 3.07. The van der Waals surface area contributed by atoms with Gasteiger partial charge in [0, 0.05) is 17.0 Å². The van der Waals surface area contributed by atoms with Gasteiger partial charge in [0.25, 0.3) is 5.91 Å². The average molecular weight is 368 g/mol. The van der Waals surface area contributed by atoms with Gasteiger partial charge in [-0.1, -0.05) is 61.8 Å². The standard InChI is InChI=1S/C21H22ClN3O/c1-15-19(13-24-25(15)18-11-7-10-17(22)12-18)20(26)23-14-21(2,3)16-8-5-4-6-9-16/h4-13H,14H2,1-3H3,(H,23,26). The summed E-state index contributed by atoms with van der Waals surface area (Å²) in [5.41, 5.74) is 3.20. The minimum atomic E-state index is -0.159. The van der Waals surface area contributed by atoms with E-state index in [9.17, 15) is 4.79 Å². The van der Waals surface area contributed by atoms with Gasteiger partial charge in [0.2, 0.25) is 0 Å². The Labute approximate surface area is 158 Å². The second-order valence-corrected chi connectivity index (χ2v) is 7.40. The first kappa shape index (κ1) is 18.2. The molecule has 0 unspecified atom stereocenters. The van der Waals surface area contributed by atoms with Crippen molar-refractivity contribution < 1.29 is 4.79 Å². The molecule has 0 bridgehead atoms. The fraction of sp³-hybridized carbons (Fsp3) is 0.238. The number of nitrogens with zero attached hydrogens (tertiary/aromatic N) is 2. The zero-order valence-electron chi connectivity index (χ0n) is 15.2. The van der Waals surface area contributed by atoms with Crippen molar-refractivity contribution in [3.63, 3.8) is 0 Å². The average Bonchev–Trinajstić information content (AvgIpc) is 3.02. The smallest absolute Gasteiger partial charge is 0.254 e. The minimum Gasteiger partial charge on any atom is -0.351 e. The molecular weight excluding hydrogens is 346 g/mol. The molecule has 2 aromatic carbocycles. The maximum atomic E-state index is 12.7. The Morgan fingerprint density at radius 1 is 1.15 bits per heavy atom. The molecular formula is C21H22ClN3O. The lowest BCUT2D eigenvalue weighted by Gasteiger charge is -2.25. The fourth-order valence-electron chi connectivity index (χ4n) is 2.89. The zero-order chi connectivity index (χ0) is 18.7. The van der Waals surface area contributed by atoms with E-state index in [2.05, 4.69) is 36.4 Å². The molecule has 1 heterocycles. The third-order valence-corrected chi connectivity index (χ3v) is 4.79. The summed E-state index contributed by atoms with van der Waals surface area (Å²) < 4.78 is 1.73. The summed E-state index contributed by atoms with van der Waals surface area (Å²) in [6.45, 7) is 6.65. The van der Waals surface area contributed by atoms with Crippen molar-refractivity contribution in [3.8, 4) is 5.69 Å². The Hall–Kier alpha value is -2.59. The van der Waals surface area contributed by atoms with Crippen molar-refractivity contribution >= 4 is 17.5 Å². The van der Waals surface area contributed by atoms with Gasteiger partial charge in [0.05, 0.1) is 23.1 Å². The van der Waals surface area contributed by atoms with Gasteiger partial charge in [0.15, 0.2) is 0 Å². The third-order valence-electron chi connectivity index (χ3n) is 4.55. The first-order valence-electron chi connectivity index (χ1n) is 8.53. The molecule has 0 saturated heterocycles. The predicted molar refractivity (Wildman–Crippen MR) is 105 cm³/mol. The van der Waals surface area contributed by atoms with E-state index in [0.717, 1.165) is 11.4 Å². The van der Waals surface area contributed by atoms with Crippen LogP contribution < -0.4 is 5.32 Å². The Morgan fingerprint density at radius 3 is 2.58 bits per heavy atom. The van der Waals surface area contributed by atoms with Gasteiger partial charge in [-0.15, -0.1) is 0 Å². The predicted octanol–water partition coefficient (Wildman–Crippen LogP) is 4.54. The van der Waals surface area contributed by atoms with Crippen molar-refractivity contribution in [2.45, 2.75) is 26.2 Å². The number of carbonyl (C=O) groups excluding carboxylic acids is 1. The molecule has 1 N–H and O–H groups in total. The van der Waals surface area contributed by atoms with Crippen LogP contribution in [0.4, 0.5) is 0 Å². The van der Waals surface area contributed by atoms with Crippen LogP contribution in [0.1, 0.15) is 35.5 Å². The second kappa shape index (κ2) is 7.34. The molecule has 0 aliphatic heterocycles. The summed E-state index contributed by atoms with van der Waals surface area (Å²) >= 11 is 6.05. The van der Waals surface area contributed by atoms with Gasteiger partial charge in [-0.25, -0.2) is 4.68 Å². The lowest BCUT2D eigenvalue weighted by Crippen LogP contribution is -2.36. The van der Waals surface area contributed by atoms with Crippen molar-refractivity contribution in [2.24, 2.45) is 0 Å². The highest BCUT2D eigenvalue weighted by molar-refractivity contribution is 6.30. The van der Waals surface area contributed by atoms with Crippen molar-refractivity contribution in [2.75, 3.05) is 6.54 Å². The molecule has 134 valence electrons. The first-order valence-corrected chi connectivity index (χ1v) is 8.90. The molecule has 1 amide bonds. The Bertz CT molecular complexity index is 916. The maximum absolute atomic E-state index is 12.7. The number of nitrogens with one attached hydrogen (secondary N) is 1. The van der Waals surface area contributed by atoms with Crippen LogP contribution in [0.3, 0.4) is 0 Å². The summed E-state index contributed by atoms with van der Waals surface area (Å²) in [6, 6.07) is 17.6. The van der Waals surface area contributed by atoms with Gasteiger partial charge >= 0.3 is 0 Å². The molecule has 3 rings (SSSR count). The normalized spacial score (nSPS) is 11.4. The van der Waals surface area contributed by atoms with Gasteiger partial charge in [0.1, 0.15) is 0 Å². The molecule has 4 nitrogen and oxygen atoms in total. The Kier molecular flexibility index (Phi) is 5.14. The van der Waals surface area contributed by atoms with Crippen molar-refractivity contribution in [1.29, 1.82) is 0 Å². The van der Waals surface area contributed by atoms with E-state index in [-0.39, 0.29) is 11.3 Å². The maximum Gasteiger partial charge on any atom is 0.254 e. The number of halogens is 1. The number of amides is 1. The summed E-state index contributed by atoms with van der Waals surface area (Å²) in [6.07, 6.45) is 1.60. The molecule has 0 aliphatic carbocycles. The van der Waals surface area contributed by atoms with E-state index in [1.165, 1.54) is 5.56 Å². The zero-order valence-corrected chi connectivity index (χ0v) is 15.9. The van der Waals surface area contributed by atoms with Crippen LogP contribution >= 0.6 is 11.6 Å². The van der Waals surface area contributed by atoms with Gasteiger partial charge < -0.3 is 5.32 Å². The molecule has 0 atom stereocenters. The molecule has 0 radical (unpaired) electrons. The van der Waals surface area contributed by atoms with Gasteiger partial charge in [-0.05, 0) is 30.7 Å². The number of hydrogen-bond acceptors (Lipinski definition) is 2. The number of rotatable bonds is 5. The largest absolute Gasteiger partial charge is 0.351 e. The highest BCUT2D eigenvalue weighted by atomic mass is 35.5. The lowest BCUT2D eigenvalue weighted by atomic mass is 9.84. The number of benzene rings is 2. The highest BCUT2D eigenvalue weighted by Crippen LogP contribution is 2.22. The van der Waals surface area contributed by atoms with E-state index >= 15 is 0 Å². The summed E-state index contributed by atoms with van der Waals surface area (Å²) in [4.78, 5) is 12.7. The van der Waals surface area contributed by atoms with E-state index in [4.69, 9.17) is 11.6 Å². The quantitative estimate of drug-likeness (QED) is 0.719. The molecule has 3 aromatic rings. The van der Waals surface area contributed by atoms with Crippen molar-refractivity contribution in [1.82, 2.24) is 15.1 Å². The lowest BCUT2D eigenvalue weighted by molar-refractivity contribution is 0.0945. The van der Waals surface area contributed by atoms with Crippen LogP contribution in [0.5, 0.6) is 0 Å². The third kappa shape index (κ3) is 3.81. The van der Waals surface area contributed by atoms with Crippen LogP contribution in [0.15, 0.2) is 60.8 Å². The van der Waals surface area contributed by atoms with Gasteiger partial charge in [-0.3, -0.25) is 4.79 Å². The van der Waals surface area contributed by atoms with Crippen molar-refractivity contribution in [3.05, 3.63) is 82.6 Å². The van der Waals surface area contributed by atoms with Crippen LogP contribution in [-0.4, -0.2) is 22.2 Å². The van der Waals surface area contributed by atoms with E-state index in [1.54, 1.807) is 10.9 Å². The highest BCUT2D eigenvalue weighted by Gasteiger charge is 2.23. The molecule has 0 fully saturated rings. The monoisotopic (exact) mass is 367 g/mol. The number of aromatic nitrogens is 2. The number of carbonyl (C=O) groups is 1. The molecule has 26 heavy (non-hydrogen) atoms. The SMILES string of the molecule is Cc1c(C(=O)NCC(C)(C)c2ccccc2)cnn1-c1cccc(Cl)c1. The van der Waals surface area contributed by atoms with Crippen LogP contribution in [-0.2, 0) is 5.41 Å². The van der Waals surface area contributed by atoms with E-state index < -0.39 is 0 Å². The van der Waals surface area contributed by atoms with Crippen LogP contribution in [0.2, 0.25) is 5.02 Å². The van der Waals surface area contributed by atoms with Crippen LogP contribution in [0, 0.1) is 6.92 Å². The minimum absolute atomic E-state index is 0.125. The Morgan fingerprint density at radius 2 is 1.88 bits per heavy atom. The molecule has 0 spiro atoms. The molecule has 0 saturated carbocycles. The van der Waals surface area contributed by atoms with Crippen LogP contribution in [0.25, 0.3) is 5.69 Å². The molecule has 5 heteroatoms. The summed E-state index contributed by atoms with van der Waals surface area (Å²) in [7, 11) is 0. The number of hydrogen-bond donors (Lipinski definition) is 1. The molecule has 1 aromatic heterocycles. The van der Waals surface area contributed by atoms with E-state index in [0.29, 0.717) is 17.1 Å². The Balaban J connectivity index is 1.75. The molecule has 0 aliphatic rings.